The van der Waals surface area contributed by atoms with Gasteiger partial charge in [-0.1, -0.05) is 42.5 Å². The molecule has 3 aromatic rings. The molecule has 32 heavy (non-hydrogen) atoms. The first-order valence-corrected chi connectivity index (χ1v) is 10.9. The van der Waals surface area contributed by atoms with E-state index in [1.54, 1.807) is 12.1 Å². The van der Waals surface area contributed by atoms with Crippen molar-refractivity contribution in [3.63, 3.8) is 0 Å². The molecule has 4 rings (SSSR count). The highest BCUT2D eigenvalue weighted by Crippen LogP contribution is 2.13. The van der Waals surface area contributed by atoms with Crippen LogP contribution in [0.25, 0.3) is 0 Å². The van der Waals surface area contributed by atoms with Crippen molar-refractivity contribution in [3.8, 4) is 0 Å². The van der Waals surface area contributed by atoms with Crippen molar-refractivity contribution in [1.82, 2.24) is 15.1 Å². The van der Waals surface area contributed by atoms with Gasteiger partial charge in [0.2, 0.25) is 0 Å². The van der Waals surface area contributed by atoms with Crippen LogP contribution in [0.1, 0.15) is 21.7 Å². The number of hydrogen-bond acceptors (Lipinski definition) is 4. The summed E-state index contributed by atoms with van der Waals surface area (Å²) in [5.41, 5.74) is 3.14. The summed E-state index contributed by atoms with van der Waals surface area (Å²) in [5, 5.41) is 6.32. The number of amides is 1. The second-order valence-corrected chi connectivity index (χ2v) is 7.78. The molecule has 1 fully saturated rings. The minimum atomic E-state index is -0.260. The first kappa shape index (κ1) is 21.6. The number of hydrogen-bond donors (Lipinski definition) is 2. The first-order chi connectivity index (χ1) is 15.7. The van der Waals surface area contributed by atoms with E-state index in [1.165, 1.54) is 11.8 Å². The maximum atomic E-state index is 12.2. The molecular weight excluding hydrogens is 402 g/mol. The Balaban J connectivity index is 1.27. The van der Waals surface area contributed by atoms with Gasteiger partial charge in [0.1, 0.15) is 0 Å². The molecule has 1 amide bonds. The normalized spacial score (nSPS) is 14.9. The molecule has 1 aromatic heterocycles. The Morgan fingerprint density at radius 1 is 0.969 bits per heavy atom. The van der Waals surface area contributed by atoms with E-state index < -0.39 is 0 Å². The molecule has 1 saturated heterocycles. The lowest BCUT2D eigenvalue weighted by Crippen LogP contribution is -2.52. The molecule has 0 radical (unpaired) electrons. The van der Waals surface area contributed by atoms with Crippen molar-refractivity contribution < 1.29 is 9.21 Å². The maximum Gasteiger partial charge on any atom is 0.291 e. The fourth-order valence-electron chi connectivity index (χ4n) is 3.83. The molecule has 1 aliphatic rings. The summed E-state index contributed by atoms with van der Waals surface area (Å²) < 4.78 is 5.15. The van der Waals surface area contributed by atoms with Crippen LogP contribution < -0.4 is 10.6 Å². The number of piperazine rings is 1. The van der Waals surface area contributed by atoms with E-state index in [4.69, 9.17) is 4.42 Å². The molecule has 0 aliphatic carbocycles. The number of benzene rings is 2. The highest BCUT2D eigenvalue weighted by Gasteiger charge is 2.19. The number of nitrogens with one attached hydrogen (secondary N) is 2. The summed E-state index contributed by atoms with van der Waals surface area (Å²) in [6.07, 6.45) is 1.49. The number of nitrogens with zero attached hydrogens (tertiary/aromatic N) is 3. The number of guanidine groups is 1. The topological polar surface area (TPSA) is 73.1 Å². The summed E-state index contributed by atoms with van der Waals surface area (Å²) in [6, 6.07) is 21.7. The van der Waals surface area contributed by atoms with Crippen molar-refractivity contribution >= 4 is 17.6 Å². The number of carbonyl (C=O) groups is 1. The lowest BCUT2D eigenvalue weighted by molar-refractivity contribution is 0.0996. The van der Waals surface area contributed by atoms with Crippen LogP contribution in [0.3, 0.4) is 0 Å². The molecule has 2 aromatic carbocycles. The minimum Gasteiger partial charge on any atom is -0.459 e. The van der Waals surface area contributed by atoms with Crippen LogP contribution >= 0.6 is 0 Å². The van der Waals surface area contributed by atoms with Crippen molar-refractivity contribution in [2.45, 2.75) is 13.1 Å². The van der Waals surface area contributed by atoms with Gasteiger partial charge in [0.05, 0.1) is 6.26 Å². The number of furan rings is 1. The lowest BCUT2D eigenvalue weighted by atomic mass is 10.2. The first-order valence-electron chi connectivity index (χ1n) is 10.9. The fraction of sp³-hybridized carbons (Fsp3) is 0.280. The van der Waals surface area contributed by atoms with Crippen LogP contribution in [0.5, 0.6) is 0 Å². The zero-order valence-electron chi connectivity index (χ0n) is 18.3. The predicted octanol–water partition coefficient (Wildman–Crippen LogP) is 3.43. The van der Waals surface area contributed by atoms with Crippen molar-refractivity contribution in [2.24, 2.45) is 4.99 Å². The van der Waals surface area contributed by atoms with Crippen LogP contribution in [0, 0.1) is 0 Å². The Hall–Kier alpha value is -3.58. The highest BCUT2D eigenvalue weighted by molar-refractivity contribution is 6.02. The van der Waals surface area contributed by atoms with E-state index in [1.807, 2.05) is 31.3 Å². The van der Waals surface area contributed by atoms with Gasteiger partial charge < -0.3 is 20.0 Å². The third-order valence-electron chi connectivity index (χ3n) is 5.51. The summed E-state index contributed by atoms with van der Waals surface area (Å²) >= 11 is 0. The largest absolute Gasteiger partial charge is 0.459 e. The van der Waals surface area contributed by atoms with E-state index in [0.29, 0.717) is 12.3 Å². The van der Waals surface area contributed by atoms with Gasteiger partial charge in [-0.25, -0.2) is 0 Å². The summed E-state index contributed by atoms with van der Waals surface area (Å²) in [5.74, 6) is 0.930. The van der Waals surface area contributed by atoms with Crippen LogP contribution in [-0.4, -0.2) is 54.9 Å². The number of carbonyl (C=O) groups excluding carboxylic acids is 1. The minimum absolute atomic E-state index is 0.260. The van der Waals surface area contributed by atoms with E-state index in [-0.39, 0.29) is 5.91 Å². The Morgan fingerprint density at radius 3 is 2.47 bits per heavy atom. The summed E-state index contributed by atoms with van der Waals surface area (Å²) in [4.78, 5) is 21.4. The Bertz CT molecular complexity index is 1030. The molecule has 1 aliphatic heterocycles. The number of anilines is 1. The van der Waals surface area contributed by atoms with Gasteiger partial charge in [0, 0.05) is 52.0 Å². The third-order valence-corrected chi connectivity index (χ3v) is 5.51. The zero-order valence-corrected chi connectivity index (χ0v) is 18.3. The predicted molar refractivity (Wildman–Crippen MR) is 127 cm³/mol. The van der Waals surface area contributed by atoms with Gasteiger partial charge in [-0.15, -0.1) is 0 Å². The SMILES string of the molecule is CN=C(NCc1cccc(NC(=O)c2ccco2)c1)N1CCN(Cc2ccccc2)CC1. The molecule has 0 bridgehead atoms. The lowest BCUT2D eigenvalue weighted by Gasteiger charge is -2.36. The Labute approximate surface area is 188 Å². The molecule has 166 valence electrons. The smallest absolute Gasteiger partial charge is 0.291 e. The summed E-state index contributed by atoms with van der Waals surface area (Å²) in [6.45, 7) is 5.49. The highest BCUT2D eigenvalue weighted by atomic mass is 16.3. The van der Waals surface area contributed by atoms with Crippen LogP contribution in [-0.2, 0) is 13.1 Å². The average molecular weight is 432 g/mol. The number of rotatable bonds is 6. The zero-order chi connectivity index (χ0) is 22.2. The van der Waals surface area contributed by atoms with Gasteiger partial charge in [-0.3, -0.25) is 14.7 Å². The van der Waals surface area contributed by atoms with Gasteiger partial charge in [-0.05, 0) is 35.4 Å². The van der Waals surface area contributed by atoms with Crippen LogP contribution in [0.2, 0.25) is 0 Å². The third kappa shape index (κ3) is 5.76. The molecule has 7 nitrogen and oxygen atoms in total. The molecule has 0 saturated carbocycles. The quantitative estimate of drug-likeness (QED) is 0.462. The molecule has 7 heteroatoms. The van der Waals surface area contributed by atoms with Crippen molar-refractivity contribution in [2.75, 3.05) is 38.5 Å². The second-order valence-electron chi connectivity index (χ2n) is 7.78. The van der Waals surface area contributed by atoms with Gasteiger partial charge in [-0.2, -0.15) is 0 Å². The summed E-state index contributed by atoms with van der Waals surface area (Å²) in [7, 11) is 1.82. The molecule has 0 spiro atoms. The van der Waals surface area contributed by atoms with Crippen molar-refractivity contribution in [1.29, 1.82) is 0 Å². The van der Waals surface area contributed by atoms with E-state index in [0.717, 1.165) is 49.9 Å². The van der Waals surface area contributed by atoms with Gasteiger partial charge >= 0.3 is 0 Å². The number of aliphatic imine (C=N–C) groups is 1. The Morgan fingerprint density at radius 2 is 1.75 bits per heavy atom. The van der Waals surface area contributed by atoms with Gasteiger partial charge in [0.25, 0.3) is 5.91 Å². The van der Waals surface area contributed by atoms with E-state index in [2.05, 4.69) is 55.8 Å². The van der Waals surface area contributed by atoms with Crippen molar-refractivity contribution in [3.05, 3.63) is 89.9 Å². The van der Waals surface area contributed by atoms with Crippen LogP contribution in [0.15, 0.2) is 82.4 Å². The van der Waals surface area contributed by atoms with Gasteiger partial charge in [0.15, 0.2) is 11.7 Å². The second kappa shape index (κ2) is 10.6. The van der Waals surface area contributed by atoms with E-state index >= 15 is 0 Å². The molecular formula is C25H29N5O2. The average Bonchev–Trinajstić information content (AvgIpc) is 3.37. The van der Waals surface area contributed by atoms with Crippen LogP contribution in [0.4, 0.5) is 5.69 Å². The molecule has 2 heterocycles. The Kier molecular flexibility index (Phi) is 7.19. The molecule has 0 unspecified atom stereocenters. The molecule has 2 N–H and O–H groups in total. The fourth-order valence-corrected chi connectivity index (χ4v) is 3.83. The maximum absolute atomic E-state index is 12.2. The monoisotopic (exact) mass is 431 g/mol. The van der Waals surface area contributed by atoms with E-state index in [9.17, 15) is 4.79 Å². The molecule has 0 atom stereocenters. The standard InChI is InChI=1S/C25H29N5O2/c1-26-25(30-14-12-29(13-15-30)19-20-7-3-2-4-8-20)27-18-21-9-5-10-22(17-21)28-24(31)23-11-6-16-32-23/h2-11,16-17H,12-15,18-19H2,1H3,(H,26,27)(H,28,31).